The van der Waals surface area contributed by atoms with Crippen LogP contribution in [0, 0.1) is 0 Å². The molecule has 3 aromatic rings. The molecule has 0 amide bonds. The highest BCUT2D eigenvalue weighted by atomic mass is 35.5. The van der Waals surface area contributed by atoms with Crippen LogP contribution >= 0.6 is 23.2 Å². The first-order chi connectivity index (χ1) is 10.0. The second-order valence-corrected chi connectivity index (χ2v) is 6.25. The van der Waals surface area contributed by atoms with Crippen LogP contribution in [0.3, 0.4) is 0 Å². The molecule has 0 spiro atoms. The molecule has 1 aromatic carbocycles. The number of imidazole rings is 1. The Morgan fingerprint density at radius 2 is 2.10 bits per heavy atom. The van der Waals surface area contributed by atoms with Crippen LogP contribution in [0.25, 0.3) is 22.7 Å². The van der Waals surface area contributed by atoms with Crippen LogP contribution in [0.1, 0.15) is 25.1 Å². The van der Waals surface area contributed by atoms with E-state index in [1.54, 1.807) is 18.3 Å². The quantitative estimate of drug-likeness (QED) is 0.750. The molecule has 2 aromatic heterocycles. The summed E-state index contributed by atoms with van der Waals surface area (Å²) in [5.41, 5.74) is 7.72. The zero-order valence-corrected chi connectivity index (χ0v) is 12.5. The highest BCUT2D eigenvalue weighted by molar-refractivity contribution is 6.38. The van der Waals surface area contributed by atoms with E-state index in [2.05, 4.69) is 15.0 Å². The van der Waals surface area contributed by atoms with Crippen LogP contribution < -0.4 is 5.73 Å². The molecule has 108 valence electrons. The minimum Gasteiger partial charge on any atom is -0.433 e. The van der Waals surface area contributed by atoms with Gasteiger partial charge in [-0.2, -0.15) is 0 Å². The number of hydrogen-bond donors (Lipinski definition) is 2. The van der Waals surface area contributed by atoms with Gasteiger partial charge in [0.1, 0.15) is 17.0 Å². The lowest BCUT2D eigenvalue weighted by Gasteiger charge is -2.35. The summed E-state index contributed by atoms with van der Waals surface area (Å²) in [5.74, 6) is 1.20. The average Bonchev–Trinajstić information content (AvgIpc) is 3.01. The number of hydrogen-bond acceptors (Lipinski definition) is 4. The van der Waals surface area contributed by atoms with Crippen molar-refractivity contribution in [2.24, 2.45) is 5.73 Å². The maximum atomic E-state index is 6.25. The molecule has 1 fully saturated rings. The average molecular weight is 323 g/mol. The molecule has 1 aliphatic rings. The molecule has 2 heterocycles. The third kappa shape index (κ3) is 2.04. The van der Waals surface area contributed by atoms with E-state index in [9.17, 15) is 0 Å². The molecule has 5 nitrogen and oxygen atoms in total. The number of nitrogens with zero attached hydrogens (tertiary/aromatic N) is 2. The summed E-state index contributed by atoms with van der Waals surface area (Å²) in [4.78, 5) is 12.0. The Morgan fingerprint density at radius 1 is 1.29 bits per heavy atom. The van der Waals surface area contributed by atoms with E-state index in [4.69, 9.17) is 33.4 Å². The van der Waals surface area contributed by atoms with Crippen molar-refractivity contribution in [1.82, 2.24) is 15.0 Å². The first-order valence-corrected chi connectivity index (χ1v) is 7.41. The number of benzene rings is 1. The van der Waals surface area contributed by atoms with Crippen molar-refractivity contribution in [1.29, 1.82) is 0 Å². The smallest absolute Gasteiger partial charge is 0.245 e. The zero-order chi connectivity index (χ0) is 14.6. The topological polar surface area (TPSA) is 80.7 Å². The van der Waals surface area contributed by atoms with Crippen LogP contribution in [0.2, 0.25) is 10.0 Å². The highest BCUT2D eigenvalue weighted by Gasteiger charge is 2.37. The lowest BCUT2D eigenvalue weighted by Crippen LogP contribution is -2.44. The van der Waals surface area contributed by atoms with Crippen molar-refractivity contribution in [2.75, 3.05) is 0 Å². The van der Waals surface area contributed by atoms with Crippen molar-refractivity contribution in [2.45, 2.75) is 24.8 Å². The van der Waals surface area contributed by atoms with Crippen molar-refractivity contribution in [3.63, 3.8) is 0 Å². The van der Waals surface area contributed by atoms with Gasteiger partial charge in [0, 0.05) is 5.02 Å². The number of fused-ring (bicyclic) bond motifs is 1. The van der Waals surface area contributed by atoms with Crippen molar-refractivity contribution >= 4 is 34.3 Å². The van der Waals surface area contributed by atoms with Gasteiger partial charge in [0.2, 0.25) is 5.89 Å². The predicted octanol–water partition coefficient (Wildman–Crippen LogP) is 3.86. The molecule has 7 heteroatoms. The van der Waals surface area contributed by atoms with Crippen LogP contribution in [0.5, 0.6) is 0 Å². The normalized spacial score (nSPS) is 17.1. The monoisotopic (exact) mass is 322 g/mol. The molecule has 0 bridgehead atoms. The molecular formula is C14H12Cl2N4O. The van der Waals surface area contributed by atoms with Crippen molar-refractivity contribution in [3.8, 4) is 11.6 Å². The molecule has 1 aliphatic carbocycles. The molecule has 0 aliphatic heterocycles. The van der Waals surface area contributed by atoms with E-state index in [0.29, 0.717) is 32.7 Å². The van der Waals surface area contributed by atoms with Crippen LogP contribution in [-0.2, 0) is 5.54 Å². The SMILES string of the molecule is NC1(c2ncc(-c3nc4cc(Cl)cc(Cl)c4o3)[nH]2)CCC1. The van der Waals surface area contributed by atoms with Gasteiger partial charge >= 0.3 is 0 Å². The third-order valence-corrected chi connectivity index (χ3v) is 4.43. The Morgan fingerprint density at radius 3 is 2.81 bits per heavy atom. The molecule has 0 saturated heterocycles. The van der Waals surface area contributed by atoms with Crippen LogP contribution in [-0.4, -0.2) is 15.0 Å². The molecule has 0 atom stereocenters. The van der Waals surface area contributed by atoms with E-state index in [0.717, 1.165) is 25.1 Å². The summed E-state index contributed by atoms with van der Waals surface area (Å²) in [5, 5.41) is 0.957. The molecule has 0 unspecified atom stereocenters. The number of halogens is 2. The summed E-state index contributed by atoms with van der Waals surface area (Å²) >= 11 is 12.1. The Balaban J connectivity index is 1.78. The summed E-state index contributed by atoms with van der Waals surface area (Å²) < 4.78 is 5.70. The minimum atomic E-state index is -0.342. The predicted molar refractivity (Wildman–Crippen MR) is 81.3 cm³/mol. The maximum absolute atomic E-state index is 6.25. The van der Waals surface area contributed by atoms with E-state index in [1.165, 1.54) is 0 Å². The zero-order valence-electron chi connectivity index (χ0n) is 11.0. The Labute approximate surface area is 130 Å². The van der Waals surface area contributed by atoms with Gasteiger partial charge in [-0.05, 0) is 31.4 Å². The van der Waals surface area contributed by atoms with E-state index < -0.39 is 0 Å². The molecule has 3 N–H and O–H groups in total. The second kappa shape index (κ2) is 4.47. The molecule has 21 heavy (non-hydrogen) atoms. The number of aromatic nitrogens is 3. The number of nitrogens with two attached hydrogens (primary N) is 1. The Hall–Kier alpha value is -1.56. The highest BCUT2D eigenvalue weighted by Crippen LogP contribution is 2.38. The first kappa shape index (κ1) is 13.1. The van der Waals surface area contributed by atoms with Crippen molar-refractivity contribution < 1.29 is 4.42 Å². The van der Waals surface area contributed by atoms with Crippen molar-refractivity contribution in [3.05, 3.63) is 34.2 Å². The molecule has 4 rings (SSSR count). The fourth-order valence-corrected chi connectivity index (χ4v) is 3.07. The summed E-state index contributed by atoms with van der Waals surface area (Å²) in [6, 6.07) is 3.34. The van der Waals surface area contributed by atoms with Crippen LogP contribution in [0.15, 0.2) is 22.7 Å². The first-order valence-electron chi connectivity index (χ1n) is 6.65. The summed E-state index contributed by atoms with van der Waals surface area (Å²) in [6.07, 6.45) is 4.69. The van der Waals surface area contributed by atoms with E-state index in [-0.39, 0.29) is 5.54 Å². The van der Waals surface area contributed by atoms with Gasteiger partial charge in [-0.1, -0.05) is 23.2 Å². The standard InChI is InChI=1S/C14H12Cl2N4O/c15-7-4-8(16)11-9(5-7)19-12(21-11)10-6-18-13(20-10)14(17)2-1-3-14/h4-6H,1-3,17H2,(H,18,20). The molecular weight excluding hydrogens is 311 g/mol. The van der Waals surface area contributed by atoms with Crippen LogP contribution in [0.4, 0.5) is 0 Å². The molecule has 0 radical (unpaired) electrons. The fraction of sp³-hybridized carbons (Fsp3) is 0.286. The summed E-state index contributed by atoms with van der Waals surface area (Å²) in [7, 11) is 0. The number of rotatable bonds is 2. The summed E-state index contributed by atoms with van der Waals surface area (Å²) in [6.45, 7) is 0. The van der Waals surface area contributed by atoms with Gasteiger partial charge in [-0.15, -0.1) is 0 Å². The van der Waals surface area contributed by atoms with Gasteiger partial charge in [0.15, 0.2) is 5.58 Å². The number of nitrogens with one attached hydrogen (secondary N) is 1. The van der Waals surface area contributed by atoms with E-state index >= 15 is 0 Å². The van der Waals surface area contributed by atoms with Gasteiger partial charge in [0.25, 0.3) is 0 Å². The van der Waals surface area contributed by atoms with Gasteiger partial charge < -0.3 is 15.1 Å². The largest absolute Gasteiger partial charge is 0.433 e. The Kier molecular flexibility index (Phi) is 2.79. The number of H-pyrrole nitrogens is 1. The van der Waals surface area contributed by atoms with Gasteiger partial charge in [-0.25, -0.2) is 9.97 Å². The van der Waals surface area contributed by atoms with Gasteiger partial charge in [0.05, 0.1) is 16.8 Å². The minimum absolute atomic E-state index is 0.342. The Bertz CT molecular complexity index is 835. The second-order valence-electron chi connectivity index (χ2n) is 5.41. The third-order valence-electron chi connectivity index (χ3n) is 3.93. The fourth-order valence-electron chi connectivity index (χ4n) is 2.55. The van der Waals surface area contributed by atoms with E-state index in [1.807, 2.05) is 0 Å². The number of aromatic amines is 1. The lowest BCUT2D eigenvalue weighted by molar-refractivity contribution is 0.240. The lowest BCUT2D eigenvalue weighted by atomic mass is 9.77. The van der Waals surface area contributed by atoms with Gasteiger partial charge in [-0.3, -0.25) is 0 Å². The maximum Gasteiger partial charge on any atom is 0.245 e. The number of oxazole rings is 1. The molecule has 1 saturated carbocycles.